The van der Waals surface area contributed by atoms with Crippen molar-refractivity contribution in [3.63, 3.8) is 0 Å². The number of hydrogen-bond donors (Lipinski definition) is 2. The molecular weight excluding hydrogens is 432 g/mol. The van der Waals surface area contributed by atoms with Crippen molar-refractivity contribution in [2.24, 2.45) is 0 Å². The molecule has 2 N–H and O–H groups in total. The molecule has 2 aromatic carbocycles. The quantitative estimate of drug-likeness (QED) is 0.540. The first kappa shape index (κ1) is 19.4. The second-order valence-electron chi connectivity index (χ2n) is 6.08. The molecule has 8 heteroatoms. The molecule has 0 unspecified atom stereocenters. The van der Waals surface area contributed by atoms with Crippen LogP contribution < -0.4 is 15.7 Å². The molecule has 1 heterocycles. The van der Waals surface area contributed by atoms with Crippen LogP contribution >= 0.6 is 15.9 Å². The summed E-state index contributed by atoms with van der Waals surface area (Å²) in [6.07, 6.45) is 0.812. The minimum Gasteiger partial charge on any atom is -0.421 e. The van der Waals surface area contributed by atoms with Crippen LogP contribution in [-0.2, 0) is 10.0 Å². The van der Waals surface area contributed by atoms with E-state index >= 15 is 0 Å². The Morgan fingerprint density at radius 1 is 1.11 bits per heavy atom. The smallest absolute Gasteiger partial charge is 0.363 e. The molecule has 0 saturated carbocycles. The topological polar surface area (TPSA) is 88.4 Å². The summed E-state index contributed by atoms with van der Waals surface area (Å²) in [7, 11) is -3.97. The van der Waals surface area contributed by atoms with Gasteiger partial charge in [-0.05, 0) is 49.2 Å². The van der Waals surface area contributed by atoms with Gasteiger partial charge in [0.1, 0.15) is 5.58 Å². The van der Waals surface area contributed by atoms with Gasteiger partial charge in [-0.15, -0.1) is 0 Å². The van der Waals surface area contributed by atoms with Crippen LogP contribution in [0.15, 0.2) is 61.0 Å². The number of para-hydroxylation sites is 1. The number of hydrogen-bond acceptors (Lipinski definition) is 5. The van der Waals surface area contributed by atoms with Gasteiger partial charge in [-0.25, -0.2) is 13.2 Å². The highest BCUT2D eigenvalue weighted by Crippen LogP contribution is 2.31. The van der Waals surface area contributed by atoms with Gasteiger partial charge in [0.05, 0.1) is 10.6 Å². The Morgan fingerprint density at radius 3 is 2.56 bits per heavy atom. The third kappa shape index (κ3) is 4.01. The minimum absolute atomic E-state index is 0.0969. The van der Waals surface area contributed by atoms with Crippen LogP contribution in [0.4, 0.5) is 11.4 Å². The second kappa shape index (κ2) is 7.74. The zero-order valence-corrected chi connectivity index (χ0v) is 17.3. The Labute approximate surface area is 165 Å². The SMILES string of the molecule is CCCNc1c(NS(=O)(=O)c2ccc(Br)cc2C)c(=O)oc2ccccc12. The summed E-state index contributed by atoms with van der Waals surface area (Å²) in [5, 5.41) is 3.79. The van der Waals surface area contributed by atoms with E-state index in [-0.39, 0.29) is 10.6 Å². The molecule has 27 heavy (non-hydrogen) atoms. The predicted octanol–water partition coefficient (Wildman–Crippen LogP) is 4.49. The van der Waals surface area contributed by atoms with Gasteiger partial charge in [-0.2, -0.15) is 0 Å². The molecular formula is C19H19BrN2O4S. The molecule has 0 saturated heterocycles. The van der Waals surface area contributed by atoms with Gasteiger partial charge < -0.3 is 9.73 Å². The molecule has 0 aliphatic heterocycles. The summed E-state index contributed by atoms with van der Waals surface area (Å²) in [6, 6.07) is 11.8. The lowest BCUT2D eigenvalue weighted by Crippen LogP contribution is -2.21. The molecule has 6 nitrogen and oxygen atoms in total. The van der Waals surface area contributed by atoms with Crippen LogP contribution in [0.2, 0.25) is 0 Å². The predicted molar refractivity (Wildman–Crippen MR) is 111 cm³/mol. The molecule has 0 amide bonds. The third-order valence-electron chi connectivity index (χ3n) is 4.03. The lowest BCUT2D eigenvalue weighted by atomic mass is 10.2. The highest BCUT2D eigenvalue weighted by molar-refractivity contribution is 9.10. The zero-order valence-electron chi connectivity index (χ0n) is 14.9. The molecule has 3 aromatic rings. The van der Waals surface area contributed by atoms with Crippen molar-refractivity contribution in [3.8, 4) is 0 Å². The van der Waals surface area contributed by atoms with Gasteiger partial charge in [-0.3, -0.25) is 4.72 Å². The monoisotopic (exact) mass is 450 g/mol. The molecule has 1 aromatic heterocycles. The number of anilines is 2. The summed E-state index contributed by atoms with van der Waals surface area (Å²) in [4.78, 5) is 12.6. The van der Waals surface area contributed by atoms with E-state index in [1.54, 1.807) is 43.3 Å². The molecule has 142 valence electrons. The normalized spacial score (nSPS) is 11.5. The van der Waals surface area contributed by atoms with Crippen molar-refractivity contribution in [3.05, 3.63) is 62.9 Å². The number of fused-ring (bicyclic) bond motifs is 1. The minimum atomic E-state index is -3.97. The van der Waals surface area contributed by atoms with Gasteiger partial charge >= 0.3 is 5.63 Å². The first-order chi connectivity index (χ1) is 12.8. The van der Waals surface area contributed by atoms with Gasteiger partial charge in [0.15, 0.2) is 5.69 Å². The fourth-order valence-electron chi connectivity index (χ4n) is 2.78. The van der Waals surface area contributed by atoms with E-state index in [1.165, 1.54) is 6.07 Å². The third-order valence-corrected chi connectivity index (χ3v) is 6.03. The standard InChI is InChI=1S/C19H19BrN2O4S/c1-3-10-21-17-14-6-4-5-7-15(14)26-19(23)18(17)22-27(24,25)16-9-8-13(20)11-12(16)2/h4-9,11,21-22H,3,10H2,1-2H3. The fraction of sp³-hybridized carbons (Fsp3) is 0.211. The van der Waals surface area contributed by atoms with Gasteiger partial charge in [0, 0.05) is 16.4 Å². The molecule has 0 radical (unpaired) electrons. The van der Waals surface area contributed by atoms with Crippen LogP contribution in [0, 0.1) is 6.92 Å². The van der Waals surface area contributed by atoms with E-state index in [4.69, 9.17) is 4.42 Å². The van der Waals surface area contributed by atoms with Crippen molar-refractivity contribution in [2.45, 2.75) is 25.2 Å². The van der Waals surface area contributed by atoms with Crippen molar-refractivity contribution < 1.29 is 12.8 Å². The van der Waals surface area contributed by atoms with Crippen LogP contribution in [0.1, 0.15) is 18.9 Å². The Morgan fingerprint density at radius 2 is 1.85 bits per heavy atom. The Hall–Kier alpha value is -2.32. The van der Waals surface area contributed by atoms with Crippen LogP contribution in [0.3, 0.4) is 0 Å². The summed E-state index contributed by atoms with van der Waals surface area (Å²) in [6.45, 7) is 4.26. The number of aryl methyl sites for hydroxylation is 1. The van der Waals surface area contributed by atoms with Gasteiger partial charge in [0.2, 0.25) is 0 Å². The maximum Gasteiger partial charge on any atom is 0.363 e. The largest absolute Gasteiger partial charge is 0.421 e. The lowest BCUT2D eigenvalue weighted by Gasteiger charge is -2.15. The summed E-state index contributed by atoms with van der Waals surface area (Å²) in [5.41, 5.74) is 0.506. The maximum absolute atomic E-state index is 12.9. The molecule has 0 fully saturated rings. The molecule has 0 atom stereocenters. The number of nitrogens with one attached hydrogen (secondary N) is 2. The van der Waals surface area contributed by atoms with Crippen molar-refractivity contribution >= 4 is 48.3 Å². The highest BCUT2D eigenvalue weighted by atomic mass is 79.9. The Kier molecular flexibility index (Phi) is 5.57. The molecule has 0 bridgehead atoms. The van der Waals surface area contributed by atoms with Crippen molar-refractivity contribution in [1.29, 1.82) is 0 Å². The summed E-state index contributed by atoms with van der Waals surface area (Å²) < 4.78 is 34.3. The molecule has 0 aliphatic rings. The number of halogens is 1. The van der Waals surface area contributed by atoms with E-state index < -0.39 is 15.6 Å². The zero-order chi connectivity index (χ0) is 19.6. The molecule has 0 spiro atoms. The number of rotatable bonds is 6. The van der Waals surface area contributed by atoms with Crippen molar-refractivity contribution in [2.75, 3.05) is 16.6 Å². The first-order valence-corrected chi connectivity index (χ1v) is 10.7. The second-order valence-corrected chi connectivity index (χ2v) is 8.64. The number of sulfonamides is 1. The van der Waals surface area contributed by atoms with Crippen LogP contribution in [-0.4, -0.2) is 15.0 Å². The van der Waals surface area contributed by atoms with E-state index in [0.717, 1.165) is 10.9 Å². The van der Waals surface area contributed by atoms with E-state index in [9.17, 15) is 13.2 Å². The van der Waals surface area contributed by atoms with E-state index in [0.29, 0.717) is 28.8 Å². The molecule has 3 rings (SSSR count). The summed E-state index contributed by atoms with van der Waals surface area (Å²) >= 11 is 3.32. The molecule has 0 aliphatic carbocycles. The van der Waals surface area contributed by atoms with Crippen molar-refractivity contribution in [1.82, 2.24) is 0 Å². The first-order valence-electron chi connectivity index (χ1n) is 8.42. The van der Waals surface area contributed by atoms with Crippen LogP contribution in [0.25, 0.3) is 11.0 Å². The average molecular weight is 451 g/mol. The van der Waals surface area contributed by atoms with Crippen LogP contribution in [0.5, 0.6) is 0 Å². The fourth-order valence-corrected chi connectivity index (χ4v) is 4.55. The maximum atomic E-state index is 12.9. The number of benzene rings is 2. The highest BCUT2D eigenvalue weighted by Gasteiger charge is 2.23. The Bertz CT molecular complexity index is 1160. The van der Waals surface area contributed by atoms with E-state index in [2.05, 4.69) is 26.0 Å². The van der Waals surface area contributed by atoms with Gasteiger partial charge in [-0.1, -0.05) is 35.0 Å². The van der Waals surface area contributed by atoms with Gasteiger partial charge in [0.25, 0.3) is 10.0 Å². The van der Waals surface area contributed by atoms with E-state index in [1.807, 2.05) is 6.92 Å². The Balaban J connectivity index is 2.15. The average Bonchev–Trinajstić information content (AvgIpc) is 2.61. The lowest BCUT2D eigenvalue weighted by molar-refractivity contribution is 0.563. The summed E-state index contributed by atoms with van der Waals surface area (Å²) in [5.74, 6) is 0.